The number of carbonyl (C=O) groups is 1. The summed E-state index contributed by atoms with van der Waals surface area (Å²) in [7, 11) is 1.84. The number of fused-ring (bicyclic) bond motifs is 1. The summed E-state index contributed by atoms with van der Waals surface area (Å²) in [6.45, 7) is 0. The summed E-state index contributed by atoms with van der Waals surface area (Å²) < 4.78 is 0.493. The molecule has 1 saturated heterocycles. The molecule has 2 heterocycles. The molecule has 2 aromatic carbocycles. The van der Waals surface area contributed by atoms with Crippen LogP contribution in [0, 0.1) is 10.1 Å². The molecule has 0 unspecified atom stereocenters. The van der Waals surface area contributed by atoms with Gasteiger partial charge in [-0.3, -0.25) is 19.8 Å². The van der Waals surface area contributed by atoms with Crippen LogP contribution < -0.4 is 9.80 Å². The van der Waals surface area contributed by atoms with Gasteiger partial charge in [0.1, 0.15) is 0 Å². The minimum Gasteiger partial charge on any atom is -0.338 e. The van der Waals surface area contributed by atoms with E-state index in [2.05, 4.69) is 0 Å². The molecule has 6 nitrogen and oxygen atoms in total. The largest absolute Gasteiger partial charge is 0.338 e. The molecule has 2 aliphatic heterocycles. The molecule has 0 spiro atoms. The predicted molar refractivity (Wildman–Crippen MR) is 118 cm³/mol. The van der Waals surface area contributed by atoms with Crippen LogP contribution in [-0.4, -0.2) is 22.2 Å². The van der Waals surface area contributed by atoms with Gasteiger partial charge < -0.3 is 4.90 Å². The van der Waals surface area contributed by atoms with E-state index < -0.39 is 4.92 Å². The van der Waals surface area contributed by atoms with E-state index in [9.17, 15) is 14.9 Å². The molecule has 28 heavy (non-hydrogen) atoms. The Bertz CT molecular complexity index is 1070. The summed E-state index contributed by atoms with van der Waals surface area (Å²) in [6.07, 6.45) is 3.59. The molecule has 0 aromatic heterocycles. The fraction of sp³-hybridized carbons (Fsp3) is 0.0526. The van der Waals surface area contributed by atoms with Crippen molar-refractivity contribution in [1.29, 1.82) is 0 Å². The lowest BCUT2D eigenvalue weighted by molar-refractivity contribution is -0.384. The van der Waals surface area contributed by atoms with Crippen molar-refractivity contribution in [2.75, 3.05) is 16.8 Å². The molecular formula is C19H13N3O3S3. The molecule has 0 N–H and O–H groups in total. The third-order valence-corrected chi connectivity index (χ3v) is 6.75. The van der Waals surface area contributed by atoms with Crippen LogP contribution in [0.2, 0.25) is 0 Å². The number of hydrogen-bond acceptors (Lipinski definition) is 7. The lowest BCUT2D eigenvalue weighted by atomic mass is 10.2. The van der Waals surface area contributed by atoms with Crippen LogP contribution in [0.1, 0.15) is 0 Å². The molecule has 0 atom stereocenters. The van der Waals surface area contributed by atoms with Gasteiger partial charge in [-0.2, -0.15) is 0 Å². The van der Waals surface area contributed by atoms with Crippen LogP contribution in [0.5, 0.6) is 0 Å². The van der Waals surface area contributed by atoms with Gasteiger partial charge in [0.15, 0.2) is 4.32 Å². The van der Waals surface area contributed by atoms with Crippen LogP contribution in [0.25, 0.3) is 0 Å². The van der Waals surface area contributed by atoms with Gasteiger partial charge in [-0.25, -0.2) is 0 Å². The molecule has 140 valence electrons. The number of nitrogens with zero attached hydrogens (tertiary/aromatic N) is 3. The first-order valence-corrected chi connectivity index (χ1v) is 10.2. The number of allylic oxidation sites excluding steroid dienone is 2. The standard InChI is InChI=1S/C19H13N3O3S3/c1-20-14-11-13(22(24)25)7-8-15(14)27-17(20)10-9-16-18(23)21(19(26)28-16)12-5-3-2-4-6-12/h2-11H,1H3/b16-9-,17-10+. The molecule has 9 heteroatoms. The number of non-ortho nitro benzene ring substituents is 1. The molecule has 0 saturated carbocycles. The zero-order valence-corrected chi connectivity index (χ0v) is 17.0. The number of para-hydroxylation sites is 1. The maximum absolute atomic E-state index is 12.8. The SMILES string of the molecule is CN1/C(=C\C=C2/SC(=S)N(c3ccccc3)C2=O)Sc2ccc([N+](=O)[O-])cc21. The molecule has 0 aliphatic carbocycles. The molecular weight excluding hydrogens is 414 g/mol. The van der Waals surface area contributed by atoms with Crippen LogP contribution in [0.3, 0.4) is 0 Å². The summed E-state index contributed by atoms with van der Waals surface area (Å²) in [5.41, 5.74) is 1.57. The number of amides is 1. The Kier molecular flexibility index (Phi) is 4.96. The number of benzene rings is 2. The number of carbonyl (C=O) groups excluding carboxylic acids is 1. The van der Waals surface area contributed by atoms with Crippen molar-refractivity contribution in [3.8, 4) is 0 Å². The smallest absolute Gasteiger partial charge is 0.271 e. The maximum atomic E-state index is 12.8. The van der Waals surface area contributed by atoms with E-state index >= 15 is 0 Å². The lowest BCUT2D eigenvalue weighted by Crippen LogP contribution is -2.27. The maximum Gasteiger partial charge on any atom is 0.271 e. The van der Waals surface area contributed by atoms with E-state index in [4.69, 9.17) is 12.2 Å². The van der Waals surface area contributed by atoms with Gasteiger partial charge in [0.25, 0.3) is 11.6 Å². The summed E-state index contributed by atoms with van der Waals surface area (Å²) in [5, 5.41) is 11.9. The average Bonchev–Trinajstić information content (AvgIpc) is 3.16. The van der Waals surface area contributed by atoms with Crippen LogP contribution in [0.15, 0.2) is 75.5 Å². The average molecular weight is 428 g/mol. The van der Waals surface area contributed by atoms with E-state index in [0.717, 1.165) is 21.3 Å². The Morgan fingerprint density at radius 3 is 2.57 bits per heavy atom. The molecule has 1 fully saturated rings. The van der Waals surface area contributed by atoms with Crippen molar-refractivity contribution in [2.45, 2.75) is 4.90 Å². The van der Waals surface area contributed by atoms with E-state index in [1.807, 2.05) is 48.4 Å². The predicted octanol–water partition coefficient (Wildman–Crippen LogP) is 4.93. The first-order valence-electron chi connectivity index (χ1n) is 8.19. The molecule has 0 radical (unpaired) electrons. The fourth-order valence-electron chi connectivity index (χ4n) is 2.84. The zero-order valence-electron chi connectivity index (χ0n) is 14.6. The number of nitro benzene ring substituents is 1. The monoisotopic (exact) mass is 427 g/mol. The van der Waals surface area contributed by atoms with Crippen molar-refractivity contribution in [1.82, 2.24) is 0 Å². The van der Waals surface area contributed by atoms with Crippen molar-refractivity contribution < 1.29 is 9.72 Å². The Hall–Kier alpha value is -2.62. The van der Waals surface area contributed by atoms with Gasteiger partial charge in [-0.05, 0) is 30.4 Å². The number of hydrogen-bond donors (Lipinski definition) is 0. The van der Waals surface area contributed by atoms with Gasteiger partial charge in [0.05, 0.1) is 26.2 Å². The van der Waals surface area contributed by atoms with Gasteiger partial charge in [-0.1, -0.05) is 53.9 Å². The van der Waals surface area contributed by atoms with E-state index in [-0.39, 0.29) is 11.6 Å². The first kappa shape index (κ1) is 18.7. The van der Waals surface area contributed by atoms with Crippen LogP contribution >= 0.6 is 35.7 Å². The molecule has 4 rings (SSSR count). The molecule has 2 aromatic rings. The first-order chi connectivity index (χ1) is 13.5. The minimum atomic E-state index is -0.407. The summed E-state index contributed by atoms with van der Waals surface area (Å²) in [4.78, 5) is 28.2. The topological polar surface area (TPSA) is 66.7 Å². The number of rotatable bonds is 3. The highest BCUT2D eigenvalue weighted by Crippen LogP contribution is 2.46. The third kappa shape index (κ3) is 3.32. The quantitative estimate of drug-likeness (QED) is 0.298. The normalized spacial score (nSPS) is 19.0. The van der Waals surface area contributed by atoms with E-state index in [0.29, 0.717) is 9.23 Å². The Labute approximate surface area is 175 Å². The summed E-state index contributed by atoms with van der Waals surface area (Å²) >= 11 is 8.13. The number of thioether (sulfide) groups is 2. The highest BCUT2D eigenvalue weighted by atomic mass is 32.2. The zero-order chi connectivity index (χ0) is 19.8. The Morgan fingerprint density at radius 2 is 1.86 bits per heavy atom. The van der Waals surface area contributed by atoms with Gasteiger partial charge in [-0.15, -0.1) is 0 Å². The molecule has 2 aliphatic rings. The van der Waals surface area contributed by atoms with Crippen LogP contribution in [0.4, 0.5) is 17.1 Å². The van der Waals surface area contributed by atoms with Crippen LogP contribution in [-0.2, 0) is 4.79 Å². The van der Waals surface area contributed by atoms with Crippen molar-refractivity contribution in [3.63, 3.8) is 0 Å². The Morgan fingerprint density at radius 1 is 1.11 bits per heavy atom. The number of anilines is 2. The van der Waals surface area contributed by atoms with Crippen molar-refractivity contribution >= 4 is 63.0 Å². The highest BCUT2D eigenvalue weighted by Gasteiger charge is 2.33. The van der Waals surface area contributed by atoms with Gasteiger partial charge >= 0.3 is 0 Å². The van der Waals surface area contributed by atoms with E-state index in [1.54, 1.807) is 18.2 Å². The second-order valence-corrected chi connectivity index (χ2v) is 8.69. The molecule has 0 bridgehead atoms. The number of thiocarbonyl (C=S) groups is 1. The third-order valence-electron chi connectivity index (χ3n) is 4.25. The summed E-state index contributed by atoms with van der Waals surface area (Å²) in [6, 6.07) is 14.1. The minimum absolute atomic E-state index is 0.0520. The Balaban J connectivity index is 1.59. The highest BCUT2D eigenvalue weighted by molar-refractivity contribution is 8.27. The van der Waals surface area contributed by atoms with E-state index in [1.165, 1.54) is 34.5 Å². The van der Waals surface area contributed by atoms with Gasteiger partial charge in [0.2, 0.25) is 0 Å². The second kappa shape index (κ2) is 7.42. The van der Waals surface area contributed by atoms with Gasteiger partial charge in [0, 0.05) is 24.1 Å². The molecule has 1 amide bonds. The number of nitro groups is 1. The van der Waals surface area contributed by atoms with Crippen molar-refractivity contribution in [3.05, 3.63) is 80.7 Å². The van der Waals surface area contributed by atoms with Crippen molar-refractivity contribution in [2.24, 2.45) is 0 Å². The lowest BCUT2D eigenvalue weighted by Gasteiger charge is -2.14. The fourth-order valence-corrected chi connectivity index (χ4v) is 5.12. The summed E-state index contributed by atoms with van der Waals surface area (Å²) in [5.74, 6) is -0.156. The second-order valence-electron chi connectivity index (χ2n) is 5.95.